The van der Waals surface area contributed by atoms with Crippen LogP contribution in [0, 0.1) is 12.7 Å². The van der Waals surface area contributed by atoms with Crippen LogP contribution in [-0.4, -0.2) is 35.3 Å². The zero-order chi connectivity index (χ0) is 17.5. The van der Waals surface area contributed by atoms with E-state index in [0.717, 1.165) is 5.69 Å². The molecule has 1 aromatic heterocycles. The number of carbonyl (C=O) groups excluding carboxylic acids is 2. The Bertz CT molecular complexity index is 720. The van der Waals surface area contributed by atoms with Crippen LogP contribution in [0.2, 0.25) is 0 Å². The summed E-state index contributed by atoms with van der Waals surface area (Å²) in [6.07, 6.45) is 0.115. The van der Waals surface area contributed by atoms with Crippen molar-refractivity contribution in [2.24, 2.45) is 0 Å². The van der Waals surface area contributed by atoms with Gasteiger partial charge in [-0.2, -0.15) is 0 Å². The van der Waals surface area contributed by atoms with Gasteiger partial charge in [-0.15, -0.1) is 11.3 Å². The SMILES string of the molecule is Cc1csc(CC(=O)NNC(=O)CN(C)Cc2ccccc2F)n1. The zero-order valence-corrected chi connectivity index (χ0v) is 14.3. The number of halogens is 1. The maximum Gasteiger partial charge on any atom is 0.252 e. The first kappa shape index (κ1) is 18.0. The first-order valence-corrected chi connectivity index (χ1v) is 8.22. The summed E-state index contributed by atoms with van der Waals surface area (Å²) in [5.74, 6) is -1.02. The van der Waals surface area contributed by atoms with Crippen molar-refractivity contribution in [3.05, 3.63) is 51.7 Å². The predicted octanol–water partition coefficient (Wildman–Crippen LogP) is 1.41. The molecule has 0 spiro atoms. The van der Waals surface area contributed by atoms with Crippen molar-refractivity contribution < 1.29 is 14.0 Å². The van der Waals surface area contributed by atoms with Crippen molar-refractivity contribution in [3.63, 3.8) is 0 Å². The van der Waals surface area contributed by atoms with Crippen LogP contribution in [0.25, 0.3) is 0 Å². The van der Waals surface area contributed by atoms with Gasteiger partial charge in [-0.1, -0.05) is 18.2 Å². The van der Waals surface area contributed by atoms with Crippen LogP contribution in [-0.2, 0) is 22.6 Å². The number of amides is 2. The van der Waals surface area contributed by atoms with E-state index in [2.05, 4.69) is 15.8 Å². The largest absolute Gasteiger partial charge is 0.293 e. The number of likely N-dealkylation sites (N-methyl/N-ethyl adjacent to an activating group) is 1. The average Bonchev–Trinajstić information content (AvgIpc) is 2.92. The molecule has 24 heavy (non-hydrogen) atoms. The molecular formula is C16H19FN4O2S. The lowest BCUT2D eigenvalue weighted by Crippen LogP contribution is -2.46. The van der Waals surface area contributed by atoms with E-state index in [1.807, 2.05) is 12.3 Å². The number of nitrogens with one attached hydrogen (secondary N) is 2. The molecule has 2 amide bonds. The lowest BCUT2D eigenvalue weighted by atomic mass is 10.2. The van der Waals surface area contributed by atoms with Gasteiger partial charge in [0.05, 0.1) is 13.0 Å². The smallest absolute Gasteiger partial charge is 0.252 e. The topological polar surface area (TPSA) is 74.3 Å². The number of hydrogen-bond donors (Lipinski definition) is 2. The fourth-order valence-corrected chi connectivity index (χ4v) is 2.83. The fraction of sp³-hybridized carbons (Fsp3) is 0.312. The van der Waals surface area contributed by atoms with Crippen LogP contribution < -0.4 is 10.9 Å². The van der Waals surface area contributed by atoms with Crippen molar-refractivity contribution in [1.29, 1.82) is 0 Å². The molecule has 0 unspecified atom stereocenters. The van der Waals surface area contributed by atoms with Crippen LogP contribution in [0.15, 0.2) is 29.6 Å². The van der Waals surface area contributed by atoms with Gasteiger partial charge in [0.15, 0.2) is 0 Å². The molecule has 0 saturated heterocycles. The lowest BCUT2D eigenvalue weighted by molar-refractivity contribution is -0.129. The second-order valence-electron chi connectivity index (χ2n) is 5.42. The minimum Gasteiger partial charge on any atom is -0.293 e. The molecule has 0 aliphatic heterocycles. The van der Waals surface area contributed by atoms with Crippen molar-refractivity contribution >= 4 is 23.2 Å². The number of aryl methyl sites for hydroxylation is 1. The molecule has 1 aromatic carbocycles. The molecule has 0 aliphatic rings. The summed E-state index contributed by atoms with van der Waals surface area (Å²) in [7, 11) is 1.70. The first-order valence-electron chi connectivity index (χ1n) is 7.34. The van der Waals surface area contributed by atoms with Gasteiger partial charge in [0, 0.05) is 23.2 Å². The Morgan fingerprint density at radius 3 is 2.62 bits per heavy atom. The Morgan fingerprint density at radius 1 is 1.25 bits per heavy atom. The Kier molecular flexibility index (Phi) is 6.39. The standard InChI is InChI=1S/C16H19FN4O2S/c1-11-10-24-16(18-11)7-14(22)19-20-15(23)9-21(2)8-12-5-3-4-6-13(12)17/h3-6,10H,7-9H2,1-2H3,(H,19,22)(H,20,23). The summed E-state index contributed by atoms with van der Waals surface area (Å²) in [5.41, 5.74) is 6.06. The Morgan fingerprint density at radius 2 is 1.96 bits per heavy atom. The normalized spacial score (nSPS) is 10.7. The van der Waals surface area contributed by atoms with Crippen molar-refractivity contribution in [1.82, 2.24) is 20.7 Å². The average molecular weight is 350 g/mol. The van der Waals surface area contributed by atoms with Crippen LogP contribution >= 0.6 is 11.3 Å². The highest BCUT2D eigenvalue weighted by atomic mass is 32.1. The van der Waals surface area contributed by atoms with Crippen LogP contribution in [0.4, 0.5) is 4.39 Å². The maximum absolute atomic E-state index is 13.6. The van der Waals surface area contributed by atoms with Gasteiger partial charge in [-0.05, 0) is 20.0 Å². The van der Waals surface area contributed by atoms with Gasteiger partial charge in [0.1, 0.15) is 10.8 Å². The molecule has 0 radical (unpaired) electrons. The summed E-state index contributed by atoms with van der Waals surface area (Å²) in [5, 5.41) is 2.55. The Labute approximate surface area is 143 Å². The Hall–Kier alpha value is -2.32. The van der Waals surface area contributed by atoms with Crippen LogP contribution in [0.3, 0.4) is 0 Å². The number of aromatic nitrogens is 1. The first-order chi connectivity index (χ1) is 11.4. The van der Waals surface area contributed by atoms with E-state index in [4.69, 9.17) is 0 Å². The van der Waals surface area contributed by atoms with Crippen LogP contribution in [0.1, 0.15) is 16.3 Å². The molecule has 0 fully saturated rings. The number of rotatable bonds is 6. The number of hydrazine groups is 1. The fourth-order valence-electron chi connectivity index (χ4n) is 2.06. The third-order valence-corrected chi connectivity index (χ3v) is 4.10. The molecular weight excluding hydrogens is 331 g/mol. The molecule has 2 rings (SSSR count). The second-order valence-corrected chi connectivity index (χ2v) is 6.36. The molecule has 6 nitrogen and oxygen atoms in total. The van der Waals surface area contributed by atoms with Crippen molar-refractivity contribution in [2.75, 3.05) is 13.6 Å². The molecule has 128 valence electrons. The summed E-state index contributed by atoms with van der Waals surface area (Å²) in [6, 6.07) is 6.41. The second kappa shape index (κ2) is 8.51. The minimum atomic E-state index is -0.377. The van der Waals surface area contributed by atoms with Gasteiger partial charge >= 0.3 is 0 Å². The lowest BCUT2D eigenvalue weighted by Gasteiger charge is -2.16. The number of hydrogen-bond acceptors (Lipinski definition) is 5. The maximum atomic E-state index is 13.6. The molecule has 0 bridgehead atoms. The van der Waals surface area contributed by atoms with Crippen LogP contribution in [0.5, 0.6) is 0 Å². The monoisotopic (exact) mass is 350 g/mol. The predicted molar refractivity (Wildman–Crippen MR) is 89.6 cm³/mol. The molecule has 0 atom stereocenters. The number of thiazole rings is 1. The quantitative estimate of drug-likeness (QED) is 0.773. The molecule has 1 heterocycles. The third kappa shape index (κ3) is 5.71. The highest BCUT2D eigenvalue weighted by Crippen LogP contribution is 2.09. The molecule has 0 aliphatic carbocycles. The summed E-state index contributed by atoms with van der Waals surface area (Å²) >= 11 is 1.40. The number of nitrogens with zero attached hydrogens (tertiary/aromatic N) is 2. The summed E-state index contributed by atoms with van der Waals surface area (Å²) in [4.78, 5) is 29.4. The number of carbonyl (C=O) groups is 2. The van der Waals surface area contributed by atoms with E-state index in [1.165, 1.54) is 17.4 Å². The molecule has 2 N–H and O–H groups in total. The highest BCUT2D eigenvalue weighted by molar-refractivity contribution is 7.09. The van der Waals surface area contributed by atoms with Gasteiger partial charge < -0.3 is 0 Å². The zero-order valence-electron chi connectivity index (χ0n) is 13.5. The summed E-state index contributed by atoms with van der Waals surface area (Å²) in [6.45, 7) is 2.18. The van der Waals surface area contributed by atoms with E-state index in [9.17, 15) is 14.0 Å². The molecule has 0 saturated carbocycles. The van der Waals surface area contributed by atoms with E-state index in [0.29, 0.717) is 17.1 Å². The van der Waals surface area contributed by atoms with E-state index in [-0.39, 0.29) is 30.6 Å². The van der Waals surface area contributed by atoms with Gasteiger partial charge in [0.2, 0.25) is 5.91 Å². The van der Waals surface area contributed by atoms with Crippen molar-refractivity contribution in [3.8, 4) is 0 Å². The van der Waals surface area contributed by atoms with Gasteiger partial charge in [0.25, 0.3) is 5.91 Å². The molecule has 8 heteroatoms. The third-order valence-electron chi connectivity index (χ3n) is 3.13. The van der Waals surface area contributed by atoms with Gasteiger partial charge in [-0.3, -0.25) is 25.3 Å². The highest BCUT2D eigenvalue weighted by Gasteiger charge is 2.11. The molecule has 2 aromatic rings. The number of benzene rings is 1. The minimum absolute atomic E-state index is 0.0327. The summed E-state index contributed by atoms with van der Waals surface area (Å²) < 4.78 is 13.6. The van der Waals surface area contributed by atoms with E-state index in [1.54, 1.807) is 30.1 Å². The van der Waals surface area contributed by atoms with Crippen molar-refractivity contribution in [2.45, 2.75) is 19.9 Å². The van der Waals surface area contributed by atoms with E-state index >= 15 is 0 Å². The van der Waals surface area contributed by atoms with Gasteiger partial charge in [-0.25, -0.2) is 9.37 Å². The van der Waals surface area contributed by atoms with E-state index < -0.39 is 0 Å². The Balaban J connectivity index is 1.72.